The van der Waals surface area contributed by atoms with Crippen molar-refractivity contribution in [1.29, 1.82) is 0 Å². The predicted molar refractivity (Wildman–Crippen MR) is 96.4 cm³/mol. The Morgan fingerprint density at radius 3 is 2.44 bits per heavy atom. The molecule has 136 valence electrons. The smallest absolute Gasteiger partial charge is 0.329 e. The van der Waals surface area contributed by atoms with Crippen molar-refractivity contribution in [1.82, 2.24) is 9.88 Å². The van der Waals surface area contributed by atoms with Crippen LogP contribution in [-0.2, 0) is 16.0 Å². The number of methoxy groups -OCH3 is 1. The minimum absolute atomic E-state index is 0.0710. The second kappa shape index (κ2) is 6.28. The number of benzene rings is 2. The van der Waals surface area contributed by atoms with Crippen molar-refractivity contribution in [3.05, 3.63) is 65.4 Å². The molecule has 0 spiro atoms. The van der Waals surface area contributed by atoms with Gasteiger partial charge in [0.1, 0.15) is 11.8 Å². The lowest BCUT2D eigenvalue weighted by atomic mass is 10.0. The van der Waals surface area contributed by atoms with Crippen molar-refractivity contribution < 1.29 is 24.2 Å². The number of aromatic amines is 1. The first kappa shape index (κ1) is 16.8. The summed E-state index contributed by atoms with van der Waals surface area (Å²) in [6.07, 6.45) is 1.76. The molecule has 0 fully saturated rings. The van der Waals surface area contributed by atoms with E-state index in [1.165, 1.54) is 7.11 Å². The normalized spacial score (nSPS) is 14.5. The summed E-state index contributed by atoms with van der Waals surface area (Å²) in [5, 5.41) is 10.5. The molecule has 1 aromatic heterocycles. The van der Waals surface area contributed by atoms with Gasteiger partial charge in [0.2, 0.25) is 0 Å². The highest BCUT2D eigenvalue weighted by Crippen LogP contribution is 2.29. The predicted octanol–water partition coefficient (Wildman–Crippen LogP) is 2.25. The van der Waals surface area contributed by atoms with E-state index in [9.17, 15) is 19.5 Å². The Kier molecular flexibility index (Phi) is 3.92. The molecule has 0 saturated carbocycles. The Balaban J connectivity index is 1.75. The fourth-order valence-electron chi connectivity index (χ4n) is 3.45. The highest BCUT2D eigenvalue weighted by atomic mass is 16.5. The maximum absolute atomic E-state index is 12.8. The number of nitrogens with zero attached hydrogens (tertiary/aromatic N) is 1. The number of aromatic hydroxyl groups is 1. The van der Waals surface area contributed by atoms with Gasteiger partial charge in [-0.3, -0.25) is 14.5 Å². The number of fused-ring (bicyclic) bond motifs is 2. The summed E-state index contributed by atoms with van der Waals surface area (Å²) in [5.41, 5.74) is 2.00. The number of aromatic nitrogens is 1. The molecule has 2 aromatic carbocycles. The topological polar surface area (TPSA) is 99.7 Å². The van der Waals surface area contributed by atoms with E-state index in [0.29, 0.717) is 10.9 Å². The van der Waals surface area contributed by atoms with E-state index in [4.69, 9.17) is 4.74 Å². The van der Waals surface area contributed by atoms with Crippen molar-refractivity contribution in [3.8, 4) is 5.75 Å². The van der Waals surface area contributed by atoms with Crippen LogP contribution in [0.25, 0.3) is 10.9 Å². The maximum atomic E-state index is 12.8. The molecule has 1 atom stereocenters. The van der Waals surface area contributed by atoms with Gasteiger partial charge in [-0.2, -0.15) is 0 Å². The van der Waals surface area contributed by atoms with E-state index in [-0.39, 0.29) is 23.3 Å². The molecule has 0 saturated heterocycles. The molecular weight excluding hydrogens is 348 g/mol. The summed E-state index contributed by atoms with van der Waals surface area (Å²) in [5.74, 6) is -1.64. The molecule has 2 heterocycles. The Morgan fingerprint density at radius 2 is 1.81 bits per heavy atom. The molecule has 7 nitrogen and oxygen atoms in total. The van der Waals surface area contributed by atoms with Gasteiger partial charge in [-0.1, -0.05) is 12.1 Å². The summed E-state index contributed by atoms with van der Waals surface area (Å²) in [7, 11) is 1.22. The van der Waals surface area contributed by atoms with Crippen LogP contribution in [0.15, 0.2) is 48.7 Å². The summed E-state index contributed by atoms with van der Waals surface area (Å²) >= 11 is 0. The van der Waals surface area contributed by atoms with Crippen molar-refractivity contribution in [3.63, 3.8) is 0 Å². The van der Waals surface area contributed by atoms with Gasteiger partial charge >= 0.3 is 5.97 Å². The summed E-state index contributed by atoms with van der Waals surface area (Å²) in [6, 6.07) is 10.2. The second-order valence-corrected chi connectivity index (χ2v) is 6.31. The van der Waals surface area contributed by atoms with Gasteiger partial charge in [-0.15, -0.1) is 0 Å². The van der Waals surface area contributed by atoms with Gasteiger partial charge in [-0.05, 0) is 35.9 Å². The number of nitrogens with one attached hydrogen (secondary N) is 1. The first-order valence-electron chi connectivity index (χ1n) is 8.35. The van der Waals surface area contributed by atoms with Gasteiger partial charge in [0.05, 0.1) is 18.2 Å². The van der Waals surface area contributed by atoms with Crippen LogP contribution in [0, 0.1) is 0 Å². The average Bonchev–Trinajstić information content (AvgIpc) is 3.18. The van der Waals surface area contributed by atoms with Crippen LogP contribution in [0.1, 0.15) is 26.3 Å². The number of hydrogen-bond donors (Lipinski definition) is 2. The molecule has 27 heavy (non-hydrogen) atoms. The Morgan fingerprint density at radius 1 is 1.15 bits per heavy atom. The number of amides is 2. The van der Waals surface area contributed by atoms with Gasteiger partial charge < -0.3 is 14.8 Å². The number of carbonyl (C=O) groups is 3. The van der Waals surface area contributed by atoms with E-state index in [1.807, 2.05) is 0 Å². The van der Waals surface area contributed by atoms with E-state index in [2.05, 4.69) is 4.98 Å². The lowest BCUT2D eigenvalue weighted by Gasteiger charge is -2.23. The zero-order valence-electron chi connectivity index (χ0n) is 14.4. The fourth-order valence-corrected chi connectivity index (χ4v) is 3.45. The summed E-state index contributed by atoms with van der Waals surface area (Å²) in [4.78, 5) is 42.0. The number of phenolic OH excluding ortho intramolecular Hbond substituents is 1. The number of H-pyrrole nitrogens is 1. The third kappa shape index (κ3) is 2.64. The lowest BCUT2D eigenvalue weighted by molar-refractivity contribution is -0.145. The molecular formula is C20H16N2O5. The molecule has 1 aliphatic heterocycles. The molecule has 0 bridgehead atoms. The molecule has 0 aliphatic carbocycles. The standard InChI is InChI=1S/C20H16N2O5/c1-27-20(26)17(8-11-10-21-16-7-6-12(23)9-15(11)16)22-18(24)13-4-2-3-5-14(13)19(22)25/h2-7,9-10,17,21,23H,8H2,1H3/t17-/m0/s1. The number of imide groups is 1. The average molecular weight is 364 g/mol. The van der Waals surface area contributed by atoms with Crippen LogP contribution in [0.5, 0.6) is 5.75 Å². The van der Waals surface area contributed by atoms with Crippen molar-refractivity contribution >= 4 is 28.7 Å². The number of ether oxygens (including phenoxy) is 1. The highest BCUT2D eigenvalue weighted by Gasteiger charge is 2.43. The van der Waals surface area contributed by atoms with Crippen molar-refractivity contribution in [2.24, 2.45) is 0 Å². The Bertz CT molecular complexity index is 1050. The van der Waals surface area contributed by atoms with Gasteiger partial charge in [0.25, 0.3) is 11.8 Å². The second-order valence-electron chi connectivity index (χ2n) is 6.31. The molecule has 1 aliphatic rings. The molecule has 3 aromatic rings. The largest absolute Gasteiger partial charge is 0.508 e. The van der Waals surface area contributed by atoms with E-state index < -0.39 is 23.8 Å². The zero-order valence-corrected chi connectivity index (χ0v) is 14.4. The van der Waals surface area contributed by atoms with Crippen LogP contribution in [0.2, 0.25) is 0 Å². The maximum Gasteiger partial charge on any atom is 0.329 e. The number of hydrogen-bond acceptors (Lipinski definition) is 5. The zero-order chi connectivity index (χ0) is 19.1. The molecule has 2 amide bonds. The van der Waals surface area contributed by atoms with Crippen LogP contribution in [0.3, 0.4) is 0 Å². The number of esters is 1. The molecule has 0 unspecified atom stereocenters. The first-order valence-corrected chi connectivity index (χ1v) is 8.35. The third-order valence-corrected chi connectivity index (χ3v) is 4.77. The van der Waals surface area contributed by atoms with E-state index >= 15 is 0 Å². The van der Waals surface area contributed by atoms with Crippen molar-refractivity contribution in [2.75, 3.05) is 7.11 Å². The van der Waals surface area contributed by atoms with Crippen LogP contribution < -0.4 is 0 Å². The van der Waals surface area contributed by atoms with E-state index in [1.54, 1.807) is 48.7 Å². The first-order chi connectivity index (χ1) is 13.0. The van der Waals surface area contributed by atoms with Crippen LogP contribution in [0.4, 0.5) is 0 Å². The Hall–Kier alpha value is -3.61. The lowest BCUT2D eigenvalue weighted by Crippen LogP contribution is -2.46. The quantitative estimate of drug-likeness (QED) is 0.546. The minimum Gasteiger partial charge on any atom is -0.508 e. The summed E-state index contributed by atoms with van der Waals surface area (Å²) < 4.78 is 4.86. The van der Waals surface area contributed by atoms with Gasteiger partial charge in [0.15, 0.2) is 0 Å². The third-order valence-electron chi connectivity index (χ3n) is 4.77. The monoisotopic (exact) mass is 364 g/mol. The van der Waals surface area contributed by atoms with Crippen LogP contribution in [-0.4, -0.2) is 45.9 Å². The molecule has 0 radical (unpaired) electrons. The molecule has 4 rings (SSSR count). The van der Waals surface area contributed by atoms with Crippen molar-refractivity contribution in [2.45, 2.75) is 12.5 Å². The van der Waals surface area contributed by atoms with Crippen LogP contribution >= 0.6 is 0 Å². The summed E-state index contributed by atoms with van der Waals surface area (Å²) in [6.45, 7) is 0. The highest BCUT2D eigenvalue weighted by molar-refractivity contribution is 6.22. The fraction of sp³-hybridized carbons (Fsp3) is 0.150. The van der Waals surface area contributed by atoms with E-state index in [0.717, 1.165) is 10.4 Å². The Labute approximate surface area is 154 Å². The van der Waals surface area contributed by atoms with Gasteiger partial charge in [0, 0.05) is 23.5 Å². The molecule has 2 N–H and O–H groups in total. The van der Waals surface area contributed by atoms with Gasteiger partial charge in [-0.25, -0.2) is 4.79 Å². The SMILES string of the molecule is COC(=O)[C@H](Cc1c[nH]c2ccc(O)cc12)N1C(=O)c2ccccc2C1=O. The number of rotatable bonds is 4. The number of carbonyl (C=O) groups excluding carboxylic acids is 3. The number of phenols is 1. The minimum atomic E-state index is -1.11. The molecule has 7 heteroatoms.